The monoisotopic (exact) mass is 396 g/mol. The van der Waals surface area contributed by atoms with Crippen molar-refractivity contribution in [3.8, 4) is 0 Å². The first-order chi connectivity index (χ1) is 13.4. The van der Waals surface area contributed by atoms with Gasteiger partial charge in [0.25, 0.3) is 5.91 Å². The molecule has 3 rings (SSSR count). The molecule has 0 aliphatic rings. The molecule has 1 heterocycles. The number of rotatable bonds is 6. The molecule has 0 fully saturated rings. The molecule has 0 atom stereocenters. The molecule has 0 aliphatic carbocycles. The first-order valence-corrected chi connectivity index (χ1v) is 9.22. The van der Waals surface area contributed by atoms with Crippen LogP contribution in [-0.2, 0) is 11.3 Å². The molecule has 2 aromatic carbocycles. The topological polar surface area (TPSA) is 76.0 Å². The van der Waals surface area contributed by atoms with Crippen molar-refractivity contribution in [1.82, 2.24) is 15.1 Å². The van der Waals surface area contributed by atoms with Crippen LogP contribution < -0.4 is 10.6 Å². The minimum atomic E-state index is -0.324. The van der Waals surface area contributed by atoms with Crippen LogP contribution in [-0.4, -0.2) is 28.1 Å². The summed E-state index contributed by atoms with van der Waals surface area (Å²) >= 11 is 5.90. The highest BCUT2D eigenvalue weighted by molar-refractivity contribution is 6.30. The second-order valence-corrected chi connectivity index (χ2v) is 6.97. The van der Waals surface area contributed by atoms with Crippen molar-refractivity contribution in [2.75, 3.05) is 11.9 Å². The first kappa shape index (κ1) is 19.6. The molecule has 0 bridgehead atoms. The van der Waals surface area contributed by atoms with E-state index in [-0.39, 0.29) is 18.4 Å². The predicted molar refractivity (Wildman–Crippen MR) is 110 cm³/mol. The lowest BCUT2D eigenvalue weighted by atomic mass is 10.1. The van der Waals surface area contributed by atoms with Gasteiger partial charge >= 0.3 is 0 Å². The Morgan fingerprint density at radius 1 is 1.04 bits per heavy atom. The van der Waals surface area contributed by atoms with Gasteiger partial charge in [0.1, 0.15) is 5.82 Å². The number of nitrogens with one attached hydrogen (secondary N) is 2. The van der Waals surface area contributed by atoms with E-state index >= 15 is 0 Å². The van der Waals surface area contributed by atoms with Crippen LogP contribution in [0.5, 0.6) is 0 Å². The third kappa shape index (κ3) is 4.98. The lowest BCUT2D eigenvalue weighted by molar-refractivity contribution is -0.115. The molecule has 2 N–H and O–H groups in total. The summed E-state index contributed by atoms with van der Waals surface area (Å²) < 4.78 is 1.67. The molecule has 0 unspecified atom stereocenters. The zero-order chi connectivity index (χ0) is 20.1. The number of carbonyl (C=O) groups is 2. The van der Waals surface area contributed by atoms with E-state index in [0.717, 1.165) is 16.7 Å². The highest BCUT2D eigenvalue weighted by atomic mass is 35.5. The molecule has 0 aliphatic heterocycles. The van der Waals surface area contributed by atoms with Crippen molar-refractivity contribution in [2.45, 2.75) is 20.4 Å². The molecule has 6 nitrogen and oxygen atoms in total. The lowest BCUT2D eigenvalue weighted by Crippen LogP contribution is -2.33. The van der Waals surface area contributed by atoms with Crippen LogP contribution >= 0.6 is 11.6 Å². The number of carbonyl (C=O) groups excluding carboxylic acids is 2. The van der Waals surface area contributed by atoms with E-state index in [4.69, 9.17) is 11.6 Å². The van der Waals surface area contributed by atoms with Gasteiger partial charge in [-0.2, -0.15) is 5.10 Å². The minimum Gasteiger partial charge on any atom is -0.343 e. The van der Waals surface area contributed by atoms with Crippen molar-refractivity contribution < 1.29 is 9.59 Å². The third-order valence-electron chi connectivity index (χ3n) is 4.41. The zero-order valence-corrected chi connectivity index (χ0v) is 16.5. The fraction of sp³-hybridized carbons (Fsp3) is 0.190. The maximum Gasteiger partial charge on any atom is 0.251 e. The molecule has 0 saturated carbocycles. The van der Waals surface area contributed by atoms with E-state index in [9.17, 15) is 9.59 Å². The molecule has 0 spiro atoms. The normalized spacial score (nSPS) is 10.5. The van der Waals surface area contributed by atoms with E-state index in [1.54, 1.807) is 35.1 Å². The van der Waals surface area contributed by atoms with Crippen molar-refractivity contribution in [3.05, 3.63) is 82.0 Å². The standard InChI is InChI=1S/C21H21ClN4O2/c1-14-3-6-17(11-15(14)2)21(28)23-12-20(27)25-19-9-10-24-26(19)13-16-4-7-18(22)8-5-16/h3-11H,12-13H2,1-2H3,(H,23,28)(H,25,27). The fourth-order valence-corrected chi connectivity index (χ4v) is 2.79. The van der Waals surface area contributed by atoms with E-state index in [0.29, 0.717) is 22.9 Å². The summed E-state index contributed by atoms with van der Waals surface area (Å²) in [7, 11) is 0. The fourth-order valence-electron chi connectivity index (χ4n) is 2.66. The van der Waals surface area contributed by atoms with Crippen molar-refractivity contribution >= 4 is 29.2 Å². The van der Waals surface area contributed by atoms with Crippen molar-refractivity contribution in [3.63, 3.8) is 0 Å². The van der Waals surface area contributed by atoms with Crippen LogP contribution in [0.1, 0.15) is 27.0 Å². The number of hydrogen-bond donors (Lipinski definition) is 2. The third-order valence-corrected chi connectivity index (χ3v) is 4.66. The van der Waals surface area contributed by atoms with E-state index < -0.39 is 0 Å². The Bertz CT molecular complexity index is 996. The molecule has 3 aromatic rings. The van der Waals surface area contributed by atoms with Crippen LogP contribution in [0.4, 0.5) is 5.82 Å². The Labute approximate surface area is 168 Å². The van der Waals surface area contributed by atoms with Crippen LogP contribution in [0.3, 0.4) is 0 Å². The molecule has 144 valence electrons. The summed E-state index contributed by atoms with van der Waals surface area (Å²) in [5.41, 5.74) is 3.68. The first-order valence-electron chi connectivity index (χ1n) is 8.84. The average molecular weight is 397 g/mol. The second-order valence-electron chi connectivity index (χ2n) is 6.53. The molecule has 1 aromatic heterocycles. The summed E-state index contributed by atoms with van der Waals surface area (Å²) in [6.45, 7) is 4.30. The van der Waals surface area contributed by atoms with E-state index in [2.05, 4.69) is 15.7 Å². The van der Waals surface area contributed by atoms with Crippen molar-refractivity contribution in [2.24, 2.45) is 0 Å². The van der Waals surface area contributed by atoms with Crippen LogP contribution in [0.15, 0.2) is 54.7 Å². The maximum absolute atomic E-state index is 12.2. The van der Waals surface area contributed by atoms with Gasteiger partial charge in [-0.15, -0.1) is 0 Å². The Morgan fingerprint density at radius 3 is 2.50 bits per heavy atom. The quantitative estimate of drug-likeness (QED) is 0.668. The number of nitrogens with zero attached hydrogens (tertiary/aromatic N) is 2. The smallest absolute Gasteiger partial charge is 0.251 e. The van der Waals surface area contributed by atoms with Gasteiger partial charge in [-0.3, -0.25) is 9.59 Å². The Kier molecular flexibility index (Phi) is 6.11. The summed E-state index contributed by atoms with van der Waals surface area (Å²) in [5, 5.41) is 10.3. The van der Waals surface area contributed by atoms with E-state index in [1.807, 2.05) is 38.1 Å². The summed E-state index contributed by atoms with van der Waals surface area (Å²) in [5.74, 6) is -0.0525. The number of anilines is 1. The van der Waals surface area contributed by atoms with Gasteiger partial charge in [-0.1, -0.05) is 29.8 Å². The van der Waals surface area contributed by atoms with Gasteiger partial charge < -0.3 is 10.6 Å². The zero-order valence-electron chi connectivity index (χ0n) is 15.7. The van der Waals surface area contributed by atoms with Crippen molar-refractivity contribution in [1.29, 1.82) is 0 Å². The predicted octanol–water partition coefficient (Wildman–Crippen LogP) is 3.57. The number of amides is 2. The molecular weight excluding hydrogens is 376 g/mol. The largest absolute Gasteiger partial charge is 0.343 e. The van der Waals surface area contributed by atoms with Gasteiger partial charge in [0.2, 0.25) is 5.91 Å². The molecule has 2 amide bonds. The molecular formula is C21H21ClN4O2. The SMILES string of the molecule is Cc1ccc(C(=O)NCC(=O)Nc2ccnn2Cc2ccc(Cl)cc2)cc1C. The molecule has 28 heavy (non-hydrogen) atoms. The number of halogens is 1. The van der Waals surface area contributed by atoms with Crippen LogP contribution in [0, 0.1) is 13.8 Å². The summed E-state index contributed by atoms with van der Waals surface area (Å²) in [4.78, 5) is 24.5. The highest BCUT2D eigenvalue weighted by Gasteiger charge is 2.11. The number of aromatic nitrogens is 2. The maximum atomic E-state index is 12.2. The number of aryl methyl sites for hydroxylation is 2. The molecule has 7 heteroatoms. The molecule has 0 radical (unpaired) electrons. The van der Waals surface area contributed by atoms with Crippen LogP contribution in [0.2, 0.25) is 5.02 Å². The minimum absolute atomic E-state index is 0.127. The van der Waals surface area contributed by atoms with Crippen LogP contribution in [0.25, 0.3) is 0 Å². The Balaban J connectivity index is 1.56. The van der Waals surface area contributed by atoms with Gasteiger partial charge in [-0.25, -0.2) is 4.68 Å². The highest BCUT2D eigenvalue weighted by Crippen LogP contribution is 2.13. The van der Waals surface area contributed by atoms with Gasteiger partial charge in [-0.05, 0) is 54.8 Å². The van der Waals surface area contributed by atoms with E-state index in [1.165, 1.54) is 0 Å². The average Bonchev–Trinajstić information content (AvgIpc) is 3.10. The Hall–Kier alpha value is -3.12. The number of hydrogen-bond acceptors (Lipinski definition) is 3. The molecule has 0 saturated heterocycles. The summed E-state index contributed by atoms with van der Waals surface area (Å²) in [6, 6.07) is 14.6. The van der Waals surface area contributed by atoms with Gasteiger partial charge in [0, 0.05) is 16.7 Å². The second kappa shape index (κ2) is 8.71. The Morgan fingerprint density at radius 2 is 1.79 bits per heavy atom. The van der Waals surface area contributed by atoms with Gasteiger partial charge in [0.05, 0.1) is 19.3 Å². The lowest BCUT2D eigenvalue weighted by Gasteiger charge is -2.10. The number of benzene rings is 2. The van der Waals surface area contributed by atoms with Gasteiger partial charge in [0.15, 0.2) is 0 Å². The summed E-state index contributed by atoms with van der Waals surface area (Å²) in [6.07, 6.45) is 1.61.